The number of aliphatic imine (C=N–C) groups is 1. The lowest BCUT2D eigenvalue weighted by Crippen LogP contribution is -2.18. The maximum absolute atomic E-state index is 14.6. The van der Waals surface area contributed by atoms with E-state index in [2.05, 4.69) is 4.99 Å². The molecule has 2 heterocycles. The molecule has 4 nitrogen and oxygen atoms in total. The first-order valence-corrected chi connectivity index (χ1v) is 7.75. The zero-order valence-electron chi connectivity index (χ0n) is 12.7. The van der Waals surface area contributed by atoms with Crippen LogP contribution in [-0.4, -0.2) is 37.8 Å². The van der Waals surface area contributed by atoms with Crippen molar-refractivity contribution in [1.29, 1.82) is 0 Å². The molecule has 0 amide bonds. The fourth-order valence-electron chi connectivity index (χ4n) is 2.88. The van der Waals surface area contributed by atoms with Gasteiger partial charge in [0.2, 0.25) is 5.90 Å². The minimum atomic E-state index is -0.839. The summed E-state index contributed by atoms with van der Waals surface area (Å²) in [5.41, 5.74) is 1.25. The van der Waals surface area contributed by atoms with Gasteiger partial charge in [-0.3, -0.25) is 0 Å². The van der Waals surface area contributed by atoms with Crippen LogP contribution in [0.2, 0.25) is 0 Å². The lowest BCUT2D eigenvalue weighted by molar-refractivity contribution is 0.0851. The van der Waals surface area contributed by atoms with E-state index in [0.29, 0.717) is 24.5 Å². The Morgan fingerprint density at radius 3 is 2.68 bits per heavy atom. The molecule has 0 N–H and O–H groups in total. The van der Waals surface area contributed by atoms with Crippen LogP contribution >= 0.6 is 11.6 Å². The van der Waals surface area contributed by atoms with E-state index in [0.717, 1.165) is 18.4 Å². The zero-order chi connectivity index (χ0) is 15.7. The van der Waals surface area contributed by atoms with Gasteiger partial charge in [0, 0.05) is 19.3 Å². The second kappa shape index (κ2) is 6.05. The van der Waals surface area contributed by atoms with E-state index in [4.69, 9.17) is 25.8 Å². The molecule has 3 rings (SSSR count). The number of ether oxygens (including phenoxy) is 3. The van der Waals surface area contributed by atoms with Crippen LogP contribution in [0.1, 0.15) is 36.8 Å². The van der Waals surface area contributed by atoms with Crippen LogP contribution in [-0.2, 0) is 9.47 Å². The van der Waals surface area contributed by atoms with Gasteiger partial charge in [0.15, 0.2) is 5.00 Å². The van der Waals surface area contributed by atoms with Gasteiger partial charge in [-0.25, -0.2) is 9.38 Å². The predicted octanol–water partition coefficient (Wildman–Crippen LogP) is 3.46. The highest BCUT2D eigenvalue weighted by Gasteiger charge is 2.34. The summed E-state index contributed by atoms with van der Waals surface area (Å²) in [6, 6.07) is 3.22. The molecular formula is C16H19ClFNO3. The van der Waals surface area contributed by atoms with Crippen LogP contribution in [0.5, 0.6) is 5.75 Å². The van der Waals surface area contributed by atoms with Crippen molar-refractivity contribution < 1.29 is 18.6 Å². The first kappa shape index (κ1) is 15.6. The highest BCUT2D eigenvalue weighted by molar-refractivity contribution is 6.25. The first-order chi connectivity index (χ1) is 10.5. The second-order valence-corrected chi connectivity index (χ2v) is 6.62. The van der Waals surface area contributed by atoms with Crippen molar-refractivity contribution in [3.63, 3.8) is 0 Å². The van der Waals surface area contributed by atoms with E-state index < -0.39 is 10.8 Å². The molecule has 0 aliphatic carbocycles. The molecule has 0 saturated carbocycles. The molecule has 1 aromatic rings. The number of hydrogen-bond acceptors (Lipinski definition) is 4. The molecule has 2 aliphatic rings. The number of hydrogen-bond donors (Lipinski definition) is 0. The maximum Gasteiger partial charge on any atom is 0.221 e. The average molecular weight is 328 g/mol. The predicted molar refractivity (Wildman–Crippen MR) is 82.5 cm³/mol. The Balaban J connectivity index is 2.07. The number of alkyl halides is 1. The van der Waals surface area contributed by atoms with Gasteiger partial charge in [-0.15, -0.1) is 0 Å². The van der Waals surface area contributed by atoms with Crippen molar-refractivity contribution in [2.45, 2.75) is 30.7 Å². The van der Waals surface area contributed by atoms with Gasteiger partial charge >= 0.3 is 0 Å². The van der Waals surface area contributed by atoms with Crippen molar-refractivity contribution in [3.8, 4) is 5.75 Å². The molecule has 0 radical (unpaired) electrons. The van der Waals surface area contributed by atoms with Gasteiger partial charge in [0.05, 0.1) is 12.7 Å². The summed E-state index contributed by atoms with van der Waals surface area (Å²) in [4.78, 5) is 3.47. The maximum atomic E-state index is 14.6. The summed E-state index contributed by atoms with van der Waals surface area (Å²) in [7, 11) is 1.53. The molecule has 6 heteroatoms. The molecule has 0 spiro atoms. The number of halogens is 2. The fourth-order valence-corrected chi connectivity index (χ4v) is 3.01. The smallest absolute Gasteiger partial charge is 0.221 e. The van der Waals surface area contributed by atoms with E-state index >= 15 is 0 Å². The molecule has 1 fully saturated rings. The molecule has 1 unspecified atom stereocenters. The third kappa shape index (κ3) is 3.06. The van der Waals surface area contributed by atoms with E-state index in [-0.39, 0.29) is 18.4 Å². The third-order valence-electron chi connectivity index (χ3n) is 4.01. The third-order valence-corrected chi connectivity index (χ3v) is 4.21. The van der Waals surface area contributed by atoms with Gasteiger partial charge in [-0.2, -0.15) is 0 Å². The Hall–Kier alpha value is -1.33. The number of methoxy groups -OCH3 is 1. The highest BCUT2D eigenvalue weighted by Crippen LogP contribution is 2.36. The van der Waals surface area contributed by atoms with Crippen LogP contribution in [0.25, 0.3) is 0 Å². The van der Waals surface area contributed by atoms with E-state index in [1.807, 2.05) is 6.07 Å². The minimum Gasteiger partial charge on any atom is -0.497 e. The van der Waals surface area contributed by atoms with Crippen molar-refractivity contribution in [2.75, 3.05) is 26.9 Å². The molecule has 22 heavy (non-hydrogen) atoms. The zero-order valence-corrected chi connectivity index (χ0v) is 13.5. The molecule has 1 atom stereocenters. The van der Waals surface area contributed by atoms with Crippen LogP contribution < -0.4 is 4.74 Å². The summed E-state index contributed by atoms with van der Waals surface area (Å²) in [5, 5.41) is 0. The van der Waals surface area contributed by atoms with Gasteiger partial charge in [-0.1, -0.05) is 11.6 Å². The molecule has 2 aliphatic heterocycles. The van der Waals surface area contributed by atoms with Crippen molar-refractivity contribution >= 4 is 17.5 Å². The SMILES string of the molecule is COc1cc(F)c(C2=NC(C)(Cl)CO2)c(C2CCOCC2)c1. The Kier molecular flexibility index (Phi) is 4.28. The van der Waals surface area contributed by atoms with Crippen LogP contribution in [0, 0.1) is 5.82 Å². The van der Waals surface area contributed by atoms with Crippen LogP contribution in [0.3, 0.4) is 0 Å². The largest absolute Gasteiger partial charge is 0.497 e. The van der Waals surface area contributed by atoms with Crippen molar-refractivity contribution in [2.24, 2.45) is 4.99 Å². The van der Waals surface area contributed by atoms with Gasteiger partial charge in [0.1, 0.15) is 18.2 Å². The molecule has 120 valence electrons. The van der Waals surface area contributed by atoms with Crippen LogP contribution in [0.4, 0.5) is 4.39 Å². The Bertz CT molecular complexity index is 597. The van der Waals surface area contributed by atoms with Gasteiger partial charge in [-0.05, 0) is 37.3 Å². The average Bonchev–Trinajstić information content (AvgIpc) is 2.87. The lowest BCUT2D eigenvalue weighted by atomic mass is 9.87. The Morgan fingerprint density at radius 1 is 1.36 bits per heavy atom. The fraction of sp³-hybridized carbons (Fsp3) is 0.562. The number of rotatable bonds is 3. The van der Waals surface area contributed by atoms with Crippen LogP contribution in [0.15, 0.2) is 17.1 Å². The van der Waals surface area contributed by atoms with Gasteiger partial charge < -0.3 is 14.2 Å². The lowest BCUT2D eigenvalue weighted by Gasteiger charge is -2.25. The topological polar surface area (TPSA) is 40.0 Å². The number of nitrogens with zero attached hydrogens (tertiary/aromatic N) is 1. The molecule has 0 bridgehead atoms. The Morgan fingerprint density at radius 2 is 2.09 bits per heavy atom. The Labute approximate surface area is 134 Å². The summed E-state index contributed by atoms with van der Waals surface area (Å²) < 4.78 is 30.8. The van der Waals surface area contributed by atoms with E-state index in [9.17, 15) is 4.39 Å². The van der Waals surface area contributed by atoms with E-state index in [1.54, 1.807) is 6.92 Å². The molecule has 1 saturated heterocycles. The minimum absolute atomic E-state index is 0.196. The normalized spacial score (nSPS) is 25.7. The molecule has 0 aromatic heterocycles. The standard InChI is InChI=1S/C16H19ClFNO3/c1-16(17)9-22-15(19-16)14-12(10-3-5-21-6-4-10)7-11(20-2)8-13(14)18/h7-8,10H,3-6,9H2,1-2H3. The first-order valence-electron chi connectivity index (χ1n) is 7.37. The monoisotopic (exact) mass is 327 g/mol. The van der Waals surface area contributed by atoms with Crippen molar-refractivity contribution in [1.82, 2.24) is 0 Å². The summed E-state index contributed by atoms with van der Waals surface area (Å²) >= 11 is 6.18. The summed E-state index contributed by atoms with van der Waals surface area (Å²) in [6.45, 7) is 3.33. The number of benzene rings is 1. The second-order valence-electron chi connectivity index (χ2n) is 5.81. The molecular weight excluding hydrogens is 309 g/mol. The van der Waals surface area contributed by atoms with Gasteiger partial charge in [0.25, 0.3) is 0 Å². The quantitative estimate of drug-likeness (QED) is 0.630. The molecule has 1 aromatic carbocycles. The van der Waals surface area contributed by atoms with Crippen molar-refractivity contribution in [3.05, 3.63) is 29.1 Å². The van der Waals surface area contributed by atoms with E-state index in [1.165, 1.54) is 13.2 Å². The summed E-state index contributed by atoms with van der Waals surface area (Å²) in [5.74, 6) is 0.574. The summed E-state index contributed by atoms with van der Waals surface area (Å²) in [6.07, 6.45) is 1.68. The highest BCUT2D eigenvalue weighted by atomic mass is 35.5.